The number of hydrogen-bond donors (Lipinski definition) is 1. The maximum Gasteiger partial charge on any atom is 0.0961 e. The molecule has 1 rings (SSSR count). The van der Waals surface area contributed by atoms with Crippen LogP contribution < -0.4 is 0 Å². The average Bonchev–Trinajstić information content (AvgIpc) is 2.29. The molecule has 0 aromatic rings. The van der Waals surface area contributed by atoms with Gasteiger partial charge in [-0.1, -0.05) is 27.2 Å². The van der Waals surface area contributed by atoms with Crippen molar-refractivity contribution in [1.82, 2.24) is 4.90 Å². The molecule has 1 fully saturated rings. The predicted octanol–water partition coefficient (Wildman–Crippen LogP) is 1.89. The van der Waals surface area contributed by atoms with E-state index < -0.39 is 0 Å². The van der Waals surface area contributed by atoms with Crippen LogP contribution in [0.1, 0.15) is 40.0 Å². The summed E-state index contributed by atoms with van der Waals surface area (Å²) in [4.78, 5) is 2.40. The minimum Gasteiger partial charge on any atom is -0.390 e. The van der Waals surface area contributed by atoms with E-state index in [2.05, 4.69) is 25.7 Å². The Hall–Kier alpha value is -0.120. The molecule has 0 bridgehead atoms. The number of hydrogen-bond acceptors (Lipinski definition) is 3. The van der Waals surface area contributed by atoms with Crippen molar-refractivity contribution in [2.45, 2.75) is 52.2 Å². The molecule has 1 heterocycles. The van der Waals surface area contributed by atoms with Gasteiger partial charge in [-0.15, -0.1) is 0 Å². The number of morpholine rings is 1. The Kier molecular flexibility index (Phi) is 6.32. The number of rotatable bonds is 6. The second-order valence-corrected chi connectivity index (χ2v) is 5.03. The molecule has 1 aliphatic heterocycles. The third kappa shape index (κ3) is 4.40. The van der Waals surface area contributed by atoms with Crippen LogP contribution in [0, 0.1) is 5.92 Å². The van der Waals surface area contributed by atoms with E-state index in [4.69, 9.17) is 4.74 Å². The van der Waals surface area contributed by atoms with Crippen molar-refractivity contribution in [3.05, 3.63) is 0 Å². The first-order valence-corrected chi connectivity index (χ1v) is 6.69. The van der Waals surface area contributed by atoms with Gasteiger partial charge in [-0.05, 0) is 25.3 Å². The zero-order valence-corrected chi connectivity index (χ0v) is 11.0. The zero-order chi connectivity index (χ0) is 12.0. The molecule has 0 aliphatic carbocycles. The topological polar surface area (TPSA) is 32.7 Å². The first-order chi connectivity index (χ1) is 7.67. The summed E-state index contributed by atoms with van der Waals surface area (Å²) < 4.78 is 5.67. The van der Waals surface area contributed by atoms with Gasteiger partial charge in [-0.2, -0.15) is 0 Å². The second-order valence-electron chi connectivity index (χ2n) is 5.03. The maximum atomic E-state index is 10.1. The van der Waals surface area contributed by atoms with E-state index in [1.54, 1.807) is 0 Å². The third-order valence-electron chi connectivity index (χ3n) is 3.49. The predicted molar refractivity (Wildman–Crippen MR) is 66.5 cm³/mol. The molecule has 0 radical (unpaired) electrons. The summed E-state index contributed by atoms with van der Waals surface area (Å²) in [5, 5.41) is 10.1. The molecule has 3 unspecified atom stereocenters. The number of ether oxygens (including phenoxy) is 1. The van der Waals surface area contributed by atoms with E-state index in [0.29, 0.717) is 5.92 Å². The maximum absolute atomic E-state index is 10.1. The Labute approximate surface area is 99.8 Å². The van der Waals surface area contributed by atoms with Crippen molar-refractivity contribution in [3.63, 3.8) is 0 Å². The van der Waals surface area contributed by atoms with E-state index >= 15 is 0 Å². The Morgan fingerprint density at radius 1 is 1.44 bits per heavy atom. The summed E-state index contributed by atoms with van der Waals surface area (Å²) in [5.74, 6) is 0.583. The fraction of sp³-hybridized carbons (Fsp3) is 1.00. The van der Waals surface area contributed by atoms with Crippen molar-refractivity contribution in [3.8, 4) is 0 Å². The van der Waals surface area contributed by atoms with Gasteiger partial charge in [0.25, 0.3) is 0 Å². The van der Waals surface area contributed by atoms with Crippen LogP contribution in [-0.4, -0.2) is 48.5 Å². The Morgan fingerprint density at radius 2 is 2.19 bits per heavy atom. The Balaban J connectivity index is 2.34. The van der Waals surface area contributed by atoms with Gasteiger partial charge in [0.15, 0.2) is 0 Å². The summed E-state index contributed by atoms with van der Waals surface area (Å²) >= 11 is 0. The average molecular weight is 229 g/mol. The smallest absolute Gasteiger partial charge is 0.0961 e. The minimum absolute atomic E-state index is 0.0225. The molecule has 3 atom stereocenters. The quantitative estimate of drug-likeness (QED) is 0.755. The highest BCUT2D eigenvalue weighted by Gasteiger charge is 2.27. The molecule has 0 saturated carbocycles. The fourth-order valence-electron chi connectivity index (χ4n) is 2.21. The molecule has 1 aliphatic rings. The SMILES string of the molecule is CCCN1CCOC(C(O)CC(C)CC)C1. The molecule has 1 N–H and O–H groups in total. The van der Waals surface area contributed by atoms with E-state index in [-0.39, 0.29) is 12.2 Å². The summed E-state index contributed by atoms with van der Waals surface area (Å²) in [6.45, 7) is 10.3. The molecular weight excluding hydrogens is 202 g/mol. The van der Waals surface area contributed by atoms with Crippen LogP contribution in [0.2, 0.25) is 0 Å². The highest BCUT2D eigenvalue weighted by Crippen LogP contribution is 2.17. The molecular formula is C13H27NO2. The summed E-state index contributed by atoms with van der Waals surface area (Å²) in [7, 11) is 0. The van der Waals surface area contributed by atoms with Gasteiger partial charge in [0.2, 0.25) is 0 Å². The Bertz CT molecular complexity index is 185. The van der Waals surface area contributed by atoms with Crippen molar-refractivity contribution in [2.75, 3.05) is 26.2 Å². The van der Waals surface area contributed by atoms with Crippen LogP contribution in [0.25, 0.3) is 0 Å². The van der Waals surface area contributed by atoms with Gasteiger partial charge in [0.05, 0.1) is 18.8 Å². The van der Waals surface area contributed by atoms with E-state index in [1.807, 2.05) is 0 Å². The van der Waals surface area contributed by atoms with Gasteiger partial charge in [-0.25, -0.2) is 0 Å². The first-order valence-electron chi connectivity index (χ1n) is 6.69. The first kappa shape index (κ1) is 13.9. The molecule has 0 amide bonds. The van der Waals surface area contributed by atoms with Gasteiger partial charge in [0.1, 0.15) is 0 Å². The molecule has 3 nitrogen and oxygen atoms in total. The third-order valence-corrected chi connectivity index (χ3v) is 3.49. The van der Waals surface area contributed by atoms with Crippen LogP contribution in [0.4, 0.5) is 0 Å². The molecule has 16 heavy (non-hydrogen) atoms. The standard InChI is InChI=1S/C13H27NO2/c1-4-6-14-7-8-16-13(10-14)12(15)9-11(3)5-2/h11-13,15H,4-10H2,1-3H3. The highest BCUT2D eigenvalue weighted by atomic mass is 16.5. The normalized spacial score (nSPS) is 26.6. The largest absolute Gasteiger partial charge is 0.390 e. The Morgan fingerprint density at radius 3 is 2.81 bits per heavy atom. The van der Waals surface area contributed by atoms with Crippen molar-refractivity contribution in [2.24, 2.45) is 5.92 Å². The lowest BCUT2D eigenvalue weighted by molar-refractivity contribution is -0.0935. The number of aliphatic hydroxyl groups excluding tert-OH is 1. The van der Waals surface area contributed by atoms with Crippen LogP contribution in [0.5, 0.6) is 0 Å². The molecule has 0 aromatic heterocycles. The summed E-state index contributed by atoms with van der Waals surface area (Å²) in [6, 6.07) is 0. The monoisotopic (exact) mass is 229 g/mol. The lowest BCUT2D eigenvalue weighted by Gasteiger charge is -2.35. The van der Waals surface area contributed by atoms with Crippen LogP contribution >= 0.6 is 0 Å². The van der Waals surface area contributed by atoms with Gasteiger partial charge < -0.3 is 9.84 Å². The van der Waals surface area contributed by atoms with Crippen LogP contribution in [0.3, 0.4) is 0 Å². The van der Waals surface area contributed by atoms with E-state index in [9.17, 15) is 5.11 Å². The number of aliphatic hydroxyl groups is 1. The van der Waals surface area contributed by atoms with Crippen LogP contribution in [0.15, 0.2) is 0 Å². The van der Waals surface area contributed by atoms with Crippen molar-refractivity contribution >= 4 is 0 Å². The molecule has 3 heteroatoms. The molecule has 1 saturated heterocycles. The van der Waals surface area contributed by atoms with Crippen molar-refractivity contribution < 1.29 is 9.84 Å². The summed E-state index contributed by atoms with van der Waals surface area (Å²) in [6.07, 6.45) is 2.89. The second kappa shape index (κ2) is 7.25. The molecule has 0 aromatic carbocycles. The van der Waals surface area contributed by atoms with E-state index in [0.717, 1.165) is 39.1 Å². The zero-order valence-electron chi connectivity index (χ0n) is 11.0. The summed E-state index contributed by atoms with van der Waals surface area (Å²) in [5.41, 5.74) is 0. The lowest BCUT2D eigenvalue weighted by atomic mass is 9.97. The van der Waals surface area contributed by atoms with Crippen molar-refractivity contribution in [1.29, 1.82) is 0 Å². The van der Waals surface area contributed by atoms with Gasteiger partial charge in [0, 0.05) is 13.1 Å². The number of nitrogens with zero attached hydrogens (tertiary/aromatic N) is 1. The van der Waals surface area contributed by atoms with Crippen LogP contribution in [-0.2, 0) is 4.74 Å². The van der Waals surface area contributed by atoms with Gasteiger partial charge >= 0.3 is 0 Å². The van der Waals surface area contributed by atoms with Gasteiger partial charge in [-0.3, -0.25) is 4.90 Å². The molecule has 96 valence electrons. The fourth-order valence-corrected chi connectivity index (χ4v) is 2.21. The highest BCUT2D eigenvalue weighted by molar-refractivity contribution is 4.78. The minimum atomic E-state index is -0.297. The molecule has 0 spiro atoms. The van der Waals surface area contributed by atoms with E-state index in [1.165, 1.54) is 6.42 Å². The lowest BCUT2D eigenvalue weighted by Crippen LogP contribution is -2.48.